The SMILES string of the molecule is O=C(O)C1CNCCN1c1ccccc1[N+](=O)[O-]. The number of nitrogens with one attached hydrogen (secondary N) is 1. The third-order valence-corrected chi connectivity index (χ3v) is 2.92. The fourth-order valence-electron chi connectivity index (χ4n) is 2.07. The number of anilines is 1. The summed E-state index contributed by atoms with van der Waals surface area (Å²) < 4.78 is 0. The van der Waals surface area contributed by atoms with Crippen LogP contribution in [-0.4, -0.2) is 41.7 Å². The zero-order valence-corrected chi connectivity index (χ0v) is 9.57. The first-order valence-corrected chi connectivity index (χ1v) is 5.55. The average molecular weight is 251 g/mol. The molecule has 1 saturated heterocycles. The minimum atomic E-state index is -0.986. The zero-order chi connectivity index (χ0) is 13.1. The molecular formula is C11H13N3O4. The quantitative estimate of drug-likeness (QED) is 0.598. The summed E-state index contributed by atoms with van der Waals surface area (Å²) >= 11 is 0. The Hall–Kier alpha value is -2.15. The first-order valence-electron chi connectivity index (χ1n) is 5.55. The molecule has 1 aromatic rings. The number of rotatable bonds is 3. The van der Waals surface area contributed by atoms with Crippen LogP contribution >= 0.6 is 0 Å². The lowest BCUT2D eigenvalue weighted by atomic mass is 10.1. The van der Waals surface area contributed by atoms with Gasteiger partial charge < -0.3 is 15.3 Å². The fourth-order valence-corrected chi connectivity index (χ4v) is 2.07. The zero-order valence-electron chi connectivity index (χ0n) is 9.57. The Balaban J connectivity index is 2.39. The van der Waals surface area contributed by atoms with Crippen molar-refractivity contribution in [1.82, 2.24) is 5.32 Å². The van der Waals surface area contributed by atoms with Gasteiger partial charge in [0.25, 0.3) is 5.69 Å². The minimum Gasteiger partial charge on any atom is -0.480 e. The van der Waals surface area contributed by atoms with Crippen LogP contribution in [0, 0.1) is 10.1 Å². The Bertz CT molecular complexity index is 477. The molecule has 1 aliphatic heterocycles. The van der Waals surface area contributed by atoms with Crippen molar-refractivity contribution in [1.29, 1.82) is 0 Å². The van der Waals surface area contributed by atoms with E-state index in [9.17, 15) is 14.9 Å². The van der Waals surface area contributed by atoms with Crippen molar-refractivity contribution >= 4 is 17.3 Å². The molecule has 0 amide bonds. The number of piperazine rings is 1. The maximum Gasteiger partial charge on any atom is 0.327 e. The number of nitro benzene ring substituents is 1. The summed E-state index contributed by atoms with van der Waals surface area (Å²) in [6.45, 7) is 1.32. The van der Waals surface area contributed by atoms with Gasteiger partial charge in [0.05, 0.1) is 4.92 Å². The van der Waals surface area contributed by atoms with Gasteiger partial charge in [0.1, 0.15) is 11.7 Å². The first-order chi connectivity index (χ1) is 8.61. The van der Waals surface area contributed by atoms with Gasteiger partial charge in [0, 0.05) is 25.7 Å². The Morgan fingerprint density at radius 3 is 2.89 bits per heavy atom. The van der Waals surface area contributed by atoms with E-state index in [1.165, 1.54) is 6.07 Å². The second-order valence-electron chi connectivity index (χ2n) is 4.00. The van der Waals surface area contributed by atoms with Gasteiger partial charge >= 0.3 is 5.97 Å². The van der Waals surface area contributed by atoms with Crippen LogP contribution in [0.15, 0.2) is 24.3 Å². The maximum atomic E-state index is 11.2. The van der Waals surface area contributed by atoms with Crippen LogP contribution in [-0.2, 0) is 4.79 Å². The summed E-state index contributed by atoms with van der Waals surface area (Å²) in [6.07, 6.45) is 0. The summed E-state index contributed by atoms with van der Waals surface area (Å²) in [5.74, 6) is -0.986. The molecule has 1 aliphatic rings. The van der Waals surface area contributed by atoms with Crippen molar-refractivity contribution in [3.05, 3.63) is 34.4 Å². The van der Waals surface area contributed by atoms with E-state index in [4.69, 9.17) is 5.11 Å². The van der Waals surface area contributed by atoms with Crippen LogP contribution in [0.25, 0.3) is 0 Å². The normalized spacial score (nSPS) is 19.6. The third kappa shape index (κ3) is 2.25. The summed E-state index contributed by atoms with van der Waals surface area (Å²) in [5.41, 5.74) is 0.294. The number of nitro groups is 1. The first kappa shape index (κ1) is 12.3. The summed E-state index contributed by atoms with van der Waals surface area (Å²) in [7, 11) is 0. The Morgan fingerprint density at radius 1 is 1.50 bits per heavy atom. The van der Waals surface area contributed by atoms with E-state index >= 15 is 0 Å². The number of hydrogen-bond donors (Lipinski definition) is 2. The Labute approximate surface area is 103 Å². The average Bonchev–Trinajstić information content (AvgIpc) is 2.38. The van der Waals surface area contributed by atoms with Crippen LogP contribution in [0.3, 0.4) is 0 Å². The molecule has 0 aliphatic carbocycles. The van der Waals surface area contributed by atoms with E-state index in [1.54, 1.807) is 23.1 Å². The van der Waals surface area contributed by atoms with E-state index in [-0.39, 0.29) is 12.2 Å². The summed E-state index contributed by atoms with van der Waals surface area (Å²) in [4.78, 5) is 23.2. The van der Waals surface area contributed by atoms with Gasteiger partial charge in [0.2, 0.25) is 0 Å². The molecule has 1 heterocycles. The molecule has 0 saturated carbocycles. The van der Waals surface area contributed by atoms with Crippen LogP contribution in [0.2, 0.25) is 0 Å². The molecule has 1 atom stereocenters. The molecule has 0 spiro atoms. The number of carboxylic acids is 1. The molecule has 1 fully saturated rings. The molecule has 96 valence electrons. The molecule has 0 radical (unpaired) electrons. The molecule has 18 heavy (non-hydrogen) atoms. The van der Waals surface area contributed by atoms with E-state index in [1.807, 2.05) is 0 Å². The van der Waals surface area contributed by atoms with E-state index in [2.05, 4.69) is 5.32 Å². The number of hydrogen-bond acceptors (Lipinski definition) is 5. The van der Waals surface area contributed by atoms with Gasteiger partial charge in [-0.1, -0.05) is 12.1 Å². The highest BCUT2D eigenvalue weighted by atomic mass is 16.6. The van der Waals surface area contributed by atoms with Gasteiger partial charge in [-0.05, 0) is 6.07 Å². The van der Waals surface area contributed by atoms with Crippen molar-refractivity contribution in [3.63, 3.8) is 0 Å². The van der Waals surface area contributed by atoms with Crippen LogP contribution in [0.4, 0.5) is 11.4 Å². The molecule has 0 aromatic heterocycles. The van der Waals surface area contributed by atoms with Crippen LogP contribution in [0.1, 0.15) is 0 Å². The van der Waals surface area contributed by atoms with Crippen molar-refractivity contribution in [2.45, 2.75) is 6.04 Å². The van der Waals surface area contributed by atoms with Crippen molar-refractivity contribution in [3.8, 4) is 0 Å². The van der Waals surface area contributed by atoms with Crippen LogP contribution < -0.4 is 10.2 Å². The number of benzene rings is 1. The van der Waals surface area contributed by atoms with Gasteiger partial charge in [-0.2, -0.15) is 0 Å². The highest BCUT2D eigenvalue weighted by Crippen LogP contribution is 2.29. The molecule has 1 aromatic carbocycles. The maximum absolute atomic E-state index is 11.2. The molecule has 2 rings (SSSR count). The number of carbonyl (C=O) groups is 1. The summed E-state index contributed by atoms with van der Waals surface area (Å²) in [5, 5.41) is 23.1. The van der Waals surface area contributed by atoms with E-state index in [0.29, 0.717) is 18.8 Å². The third-order valence-electron chi connectivity index (χ3n) is 2.92. The standard InChI is InChI=1S/C11H13N3O4/c15-11(16)10-7-12-5-6-13(10)8-3-1-2-4-9(8)14(17)18/h1-4,10,12H,5-7H2,(H,15,16). The van der Waals surface area contributed by atoms with E-state index < -0.39 is 16.9 Å². The monoisotopic (exact) mass is 251 g/mol. The fraction of sp³-hybridized carbons (Fsp3) is 0.364. The van der Waals surface area contributed by atoms with Gasteiger partial charge in [-0.15, -0.1) is 0 Å². The topological polar surface area (TPSA) is 95.7 Å². The molecule has 7 heteroatoms. The predicted molar refractivity (Wildman–Crippen MR) is 64.7 cm³/mol. The highest BCUT2D eigenvalue weighted by molar-refractivity contribution is 5.80. The summed E-state index contributed by atoms with van der Waals surface area (Å²) in [6, 6.07) is 5.43. The van der Waals surface area contributed by atoms with Crippen LogP contribution in [0.5, 0.6) is 0 Å². The molecule has 7 nitrogen and oxygen atoms in total. The lowest BCUT2D eigenvalue weighted by molar-refractivity contribution is -0.384. The number of carboxylic acid groups (broad SMARTS) is 1. The Kier molecular flexibility index (Phi) is 3.42. The smallest absolute Gasteiger partial charge is 0.327 e. The molecule has 2 N–H and O–H groups in total. The van der Waals surface area contributed by atoms with Crippen molar-refractivity contribution < 1.29 is 14.8 Å². The highest BCUT2D eigenvalue weighted by Gasteiger charge is 2.32. The number of nitrogens with zero attached hydrogens (tertiary/aromatic N) is 2. The second kappa shape index (κ2) is 5.01. The van der Waals surface area contributed by atoms with Crippen molar-refractivity contribution in [2.24, 2.45) is 0 Å². The second-order valence-corrected chi connectivity index (χ2v) is 4.00. The van der Waals surface area contributed by atoms with Gasteiger partial charge in [-0.25, -0.2) is 4.79 Å². The van der Waals surface area contributed by atoms with Gasteiger partial charge in [-0.3, -0.25) is 10.1 Å². The predicted octanol–water partition coefficient (Wildman–Crippen LogP) is 0.458. The minimum absolute atomic E-state index is 0.0642. The number of para-hydroxylation sites is 2. The largest absolute Gasteiger partial charge is 0.480 e. The number of aliphatic carboxylic acids is 1. The van der Waals surface area contributed by atoms with Crippen molar-refractivity contribution in [2.75, 3.05) is 24.5 Å². The molecule has 1 unspecified atom stereocenters. The van der Waals surface area contributed by atoms with E-state index in [0.717, 1.165) is 0 Å². The Morgan fingerprint density at radius 2 is 2.22 bits per heavy atom. The lowest BCUT2D eigenvalue weighted by Gasteiger charge is -2.34. The van der Waals surface area contributed by atoms with Gasteiger partial charge in [0.15, 0.2) is 0 Å². The molecule has 0 bridgehead atoms. The lowest BCUT2D eigenvalue weighted by Crippen LogP contribution is -2.55. The molecular weight excluding hydrogens is 238 g/mol.